The van der Waals surface area contributed by atoms with Crippen molar-refractivity contribution < 1.29 is 9.47 Å². The standard InChI is InChI=1S/C21H25BrO2/c1-18(9-8-14-22)21(24-16-20-12-6-3-7-13-20)17-23-15-19-10-4-2-5-11-19/h2-13,18,21H,14-17H2,1H3/b9-8+/t18-,21+/m0/s1. The van der Waals surface area contributed by atoms with Gasteiger partial charge in [0.15, 0.2) is 0 Å². The lowest BCUT2D eigenvalue weighted by Crippen LogP contribution is -2.26. The predicted molar refractivity (Wildman–Crippen MR) is 103 cm³/mol. The fourth-order valence-electron chi connectivity index (χ4n) is 2.39. The number of benzene rings is 2. The van der Waals surface area contributed by atoms with Crippen molar-refractivity contribution in [2.75, 3.05) is 11.9 Å². The molecule has 0 aliphatic rings. The minimum atomic E-state index is 0.0317. The van der Waals surface area contributed by atoms with Crippen LogP contribution in [-0.4, -0.2) is 18.0 Å². The summed E-state index contributed by atoms with van der Waals surface area (Å²) >= 11 is 3.43. The van der Waals surface area contributed by atoms with Crippen molar-refractivity contribution >= 4 is 15.9 Å². The maximum absolute atomic E-state index is 6.13. The predicted octanol–water partition coefficient (Wildman–Crippen LogP) is 5.38. The summed E-state index contributed by atoms with van der Waals surface area (Å²) in [6.07, 6.45) is 4.32. The van der Waals surface area contributed by atoms with Gasteiger partial charge in [0.05, 0.1) is 25.9 Å². The lowest BCUT2D eigenvalue weighted by atomic mass is 10.0. The molecule has 0 saturated heterocycles. The SMILES string of the molecule is C[C@@H](/C=C/CBr)[C@@H](COCc1ccccc1)OCc1ccccc1. The minimum absolute atomic E-state index is 0.0317. The summed E-state index contributed by atoms with van der Waals surface area (Å²) < 4.78 is 12.0. The zero-order valence-electron chi connectivity index (χ0n) is 14.1. The van der Waals surface area contributed by atoms with Gasteiger partial charge in [0.2, 0.25) is 0 Å². The first-order valence-corrected chi connectivity index (χ1v) is 9.41. The fraction of sp³-hybridized carbons (Fsp3) is 0.333. The normalized spacial score (nSPS) is 13.9. The monoisotopic (exact) mass is 388 g/mol. The molecular formula is C21H25BrO2. The van der Waals surface area contributed by atoms with Crippen LogP contribution in [0.15, 0.2) is 72.8 Å². The molecule has 3 heteroatoms. The first kappa shape index (κ1) is 18.9. The van der Waals surface area contributed by atoms with Crippen LogP contribution in [0.4, 0.5) is 0 Å². The Balaban J connectivity index is 1.88. The molecule has 0 amide bonds. The van der Waals surface area contributed by atoms with Gasteiger partial charge in [-0.2, -0.15) is 0 Å². The molecule has 0 spiro atoms. The second-order valence-electron chi connectivity index (χ2n) is 5.78. The first-order chi connectivity index (χ1) is 11.8. The van der Waals surface area contributed by atoms with E-state index in [9.17, 15) is 0 Å². The van der Waals surface area contributed by atoms with E-state index in [0.717, 1.165) is 5.33 Å². The Bertz CT molecular complexity index is 583. The fourth-order valence-corrected chi connectivity index (χ4v) is 2.60. The van der Waals surface area contributed by atoms with Crippen molar-refractivity contribution in [3.63, 3.8) is 0 Å². The van der Waals surface area contributed by atoms with Gasteiger partial charge in [0.1, 0.15) is 0 Å². The summed E-state index contributed by atoms with van der Waals surface area (Å²) in [5.74, 6) is 0.294. The lowest BCUT2D eigenvalue weighted by molar-refractivity contribution is -0.0461. The van der Waals surface area contributed by atoms with Gasteiger partial charge >= 0.3 is 0 Å². The van der Waals surface area contributed by atoms with Gasteiger partial charge < -0.3 is 9.47 Å². The lowest BCUT2D eigenvalue weighted by Gasteiger charge is -2.22. The summed E-state index contributed by atoms with van der Waals surface area (Å²) in [6.45, 7) is 3.96. The van der Waals surface area contributed by atoms with E-state index in [-0.39, 0.29) is 6.10 Å². The van der Waals surface area contributed by atoms with Crippen LogP contribution in [0.3, 0.4) is 0 Å². The summed E-state index contributed by atoms with van der Waals surface area (Å²) in [6, 6.07) is 20.5. The number of hydrogen-bond donors (Lipinski definition) is 0. The molecule has 0 N–H and O–H groups in total. The van der Waals surface area contributed by atoms with Crippen LogP contribution in [0.5, 0.6) is 0 Å². The summed E-state index contributed by atoms with van der Waals surface area (Å²) in [4.78, 5) is 0. The molecule has 128 valence electrons. The molecule has 2 aromatic rings. The summed E-state index contributed by atoms with van der Waals surface area (Å²) in [5.41, 5.74) is 2.37. The Morgan fingerprint density at radius 2 is 1.50 bits per heavy atom. The van der Waals surface area contributed by atoms with E-state index in [1.54, 1.807) is 0 Å². The molecular weight excluding hydrogens is 364 g/mol. The van der Waals surface area contributed by atoms with Crippen molar-refractivity contribution in [2.45, 2.75) is 26.2 Å². The smallest absolute Gasteiger partial charge is 0.0872 e. The van der Waals surface area contributed by atoms with Crippen LogP contribution in [0, 0.1) is 5.92 Å². The van der Waals surface area contributed by atoms with Gasteiger partial charge in [-0.05, 0) is 11.1 Å². The molecule has 2 nitrogen and oxygen atoms in total. The van der Waals surface area contributed by atoms with E-state index in [1.807, 2.05) is 36.4 Å². The van der Waals surface area contributed by atoms with Crippen LogP contribution < -0.4 is 0 Å². The van der Waals surface area contributed by atoms with Crippen LogP contribution in [0.1, 0.15) is 18.1 Å². The molecule has 2 aromatic carbocycles. The van der Waals surface area contributed by atoms with Crippen molar-refractivity contribution in [2.24, 2.45) is 5.92 Å². The Morgan fingerprint density at radius 3 is 2.08 bits per heavy atom. The minimum Gasteiger partial charge on any atom is -0.374 e. The third-order valence-electron chi connectivity index (χ3n) is 3.82. The third-order valence-corrected chi connectivity index (χ3v) is 4.19. The Morgan fingerprint density at radius 1 is 0.917 bits per heavy atom. The molecule has 0 heterocycles. The molecule has 0 radical (unpaired) electrons. The Kier molecular flexibility index (Phi) is 8.82. The average Bonchev–Trinajstić information content (AvgIpc) is 2.64. The molecule has 0 unspecified atom stereocenters. The maximum Gasteiger partial charge on any atom is 0.0872 e. The first-order valence-electron chi connectivity index (χ1n) is 8.29. The van der Waals surface area contributed by atoms with E-state index < -0.39 is 0 Å². The van der Waals surface area contributed by atoms with Gasteiger partial charge in [-0.3, -0.25) is 0 Å². The van der Waals surface area contributed by atoms with Crippen LogP contribution in [0.2, 0.25) is 0 Å². The zero-order chi connectivity index (χ0) is 17.0. The second-order valence-corrected chi connectivity index (χ2v) is 6.42. The Hall–Kier alpha value is -1.42. The van der Waals surface area contributed by atoms with Gasteiger partial charge in [0, 0.05) is 11.2 Å². The van der Waals surface area contributed by atoms with Crippen molar-refractivity contribution in [3.8, 4) is 0 Å². The quantitative estimate of drug-likeness (QED) is 0.402. The van der Waals surface area contributed by atoms with E-state index in [2.05, 4.69) is 59.3 Å². The number of halogens is 1. The highest BCUT2D eigenvalue weighted by Crippen LogP contribution is 2.14. The van der Waals surface area contributed by atoms with Crippen molar-refractivity contribution in [1.82, 2.24) is 0 Å². The van der Waals surface area contributed by atoms with Crippen molar-refractivity contribution in [1.29, 1.82) is 0 Å². The molecule has 0 aromatic heterocycles. The topological polar surface area (TPSA) is 18.5 Å². The summed E-state index contributed by atoms with van der Waals surface area (Å²) in [7, 11) is 0. The maximum atomic E-state index is 6.13. The van der Waals surface area contributed by atoms with E-state index in [0.29, 0.717) is 25.7 Å². The molecule has 2 atom stereocenters. The molecule has 0 bridgehead atoms. The molecule has 0 aliphatic carbocycles. The van der Waals surface area contributed by atoms with E-state index in [4.69, 9.17) is 9.47 Å². The number of rotatable bonds is 10. The highest BCUT2D eigenvalue weighted by Gasteiger charge is 2.16. The number of alkyl halides is 1. The van der Waals surface area contributed by atoms with Crippen molar-refractivity contribution in [3.05, 3.63) is 83.9 Å². The van der Waals surface area contributed by atoms with Crippen LogP contribution in [0.25, 0.3) is 0 Å². The molecule has 0 aliphatic heterocycles. The second kappa shape index (κ2) is 11.2. The molecule has 0 fully saturated rings. The van der Waals surface area contributed by atoms with Gasteiger partial charge in [-0.15, -0.1) is 0 Å². The highest BCUT2D eigenvalue weighted by molar-refractivity contribution is 9.09. The number of hydrogen-bond acceptors (Lipinski definition) is 2. The largest absolute Gasteiger partial charge is 0.374 e. The molecule has 24 heavy (non-hydrogen) atoms. The third kappa shape index (κ3) is 7.00. The average molecular weight is 389 g/mol. The van der Waals surface area contributed by atoms with E-state index >= 15 is 0 Å². The van der Waals surface area contributed by atoms with E-state index in [1.165, 1.54) is 11.1 Å². The zero-order valence-corrected chi connectivity index (χ0v) is 15.7. The number of allylic oxidation sites excluding steroid dienone is 1. The highest BCUT2D eigenvalue weighted by atomic mass is 79.9. The molecule has 0 saturated carbocycles. The van der Waals surface area contributed by atoms with Crippen LogP contribution >= 0.6 is 15.9 Å². The van der Waals surface area contributed by atoms with Gasteiger partial charge in [-0.25, -0.2) is 0 Å². The number of ether oxygens (including phenoxy) is 2. The molecule has 2 rings (SSSR count). The van der Waals surface area contributed by atoms with Gasteiger partial charge in [-0.1, -0.05) is 95.7 Å². The summed E-state index contributed by atoms with van der Waals surface area (Å²) in [5, 5.41) is 0.855. The van der Waals surface area contributed by atoms with Gasteiger partial charge in [0.25, 0.3) is 0 Å². The van der Waals surface area contributed by atoms with Crippen LogP contribution in [-0.2, 0) is 22.7 Å². The Labute approximate surface area is 153 Å².